The number of pyridine rings is 1. The maximum absolute atomic E-state index is 13.0. The van der Waals surface area contributed by atoms with Gasteiger partial charge in [-0.15, -0.1) is 0 Å². The van der Waals surface area contributed by atoms with Crippen molar-refractivity contribution >= 4 is 27.9 Å². The molecule has 1 aliphatic rings. The van der Waals surface area contributed by atoms with Crippen molar-refractivity contribution < 1.29 is 19.1 Å². The molecule has 1 aromatic heterocycles. The number of aromatic nitrogens is 1. The van der Waals surface area contributed by atoms with Crippen molar-refractivity contribution in [2.45, 2.75) is 72.5 Å². The first kappa shape index (κ1) is 19.9. The maximum Gasteiger partial charge on any atom is 0.324 e. The van der Waals surface area contributed by atoms with Gasteiger partial charge in [0.05, 0.1) is 5.69 Å². The predicted molar refractivity (Wildman–Crippen MR) is 98.2 cm³/mol. The molecule has 1 aromatic rings. The Bertz CT molecular complexity index is 652. The highest BCUT2D eigenvalue weighted by molar-refractivity contribution is 9.10. The summed E-state index contributed by atoms with van der Waals surface area (Å²) in [7, 11) is 0. The lowest BCUT2D eigenvalue weighted by Crippen LogP contribution is -2.47. The van der Waals surface area contributed by atoms with Gasteiger partial charge >= 0.3 is 11.9 Å². The molecule has 0 amide bonds. The van der Waals surface area contributed by atoms with E-state index in [0.29, 0.717) is 0 Å². The molecule has 1 heterocycles. The monoisotopic (exact) mass is 411 g/mol. The van der Waals surface area contributed by atoms with Crippen LogP contribution in [0.15, 0.2) is 10.5 Å². The van der Waals surface area contributed by atoms with Crippen molar-refractivity contribution in [1.82, 2.24) is 4.98 Å². The van der Waals surface area contributed by atoms with Crippen LogP contribution in [0.25, 0.3) is 0 Å². The van der Waals surface area contributed by atoms with Crippen LogP contribution in [-0.4, -0.2) is 28.1 Å². The van der Waals surface area contributed by atoms with Crippen LogP contribution in [0.3, 0.4) is 0 Å². The van der Waals surface area contributed by atoms with Crippen molar-refractivity contribution in [2.75, 3.05) is 0 Å². The third-order valence-corrected chi connectivity index (χ3v) is 4.66. The molecule has 25 heavy (non-hydrogen) atoms. The smallest absolute Gasteiger partial charge is 0.324 e. The summed E-state index contributed by atoms with van der Waals surface area (Å²) in [5.74, 6) is -1.11. The first-order valence-electron chi connectivity index (χ1n) is 8.35. The number of esters is 2. The average molecular weight is 412 g/mol. The number of hydrogen-bond donors (Lipinski definition) is 0. The zero-order valence-electron chi connectivity index (χ0n) is 15.9. The van der Waals surface area contributed by atoms with Gasteiger partial charge in [0.2, 0.25) is 0 Å². The van der Waals surface area contributed by atoms with E-state index in [2.05, 4.69) is 20.9 Å². The minimum Gasteiger partial charge on any atom is -0.459 e. The quantitative estimate of drug-likeness (QED) is 0.544. The highest BCUT2D eigenvalue weighted by atomic mass is 79.9. The lowest BCUT2D eigenvalue weighted by Gasteiger charge is -2.32. The van der Waals surface area contributed by atoms with Crippen LogP contribution in [-0.2, 0) is 31.9 Å². The number of carbonyl (C=O) groups is 2. The molecule has 1 aliphatic carbocycles. The topological polar surface area (TPSA) is 65.5 Å². The molecule has 0 radical (unpaired) electrons. The van der Waals surface area contributed by atoms with Crippen LogP contribution in [0.5, 0.6) is 0 Å². The SMILES string of the molecule is Cc1nc2c(cc1Br)CC(C(=O)OC(C)(C)C)(C(=O)OC(C)(C)C)C2. The second-order valence-electron chi connectivity index (χ2n) is 8.60. The zero-order valence-corrected chi connectivity index (χ0v) is 17.5. The Balaban J connectivity index is 2.45. The number of halogens is 1. The molecule has 0 spiro atoms. The highest BCUT2D eigenvalue weighted by Crippen LogP contribution is 2.41. The summed E-state index contributed by atoms with van der Waals surface area (Å²) in [4.78, 5) is 30.5. The summed E-state index contributed by atoms with van der Waals surface area (Å²) < 4.78 is 12.0. The Labute approximate surface area is 157 Å². The third kappa shape index (κ3) is 4.40. The predicted octanol–water partition coefficient (Wildman–Crippen LogP) is 3.92. The molecule has 0 aliphatic heterocycles. The lowest BCUT2D eigenvalue weighted by atomic mass is 9.84. The molecule has 0 bridgehead atoms. The van der Waals surface area contributed by atoms with E-state index in [-0.39, 0.29) is 12.8 Å². The molecule has 138 valence electrons. The van der Waals surface area contributed by atoms with Crippen molar-refractivity contribution in [3.05, 3.63) is 27.5 Å². The summed E-state index contributed by atoms with van der Waals surface area (Å²) >= 11 is 3.46. The van der Waals surface area contributed by atoms with E-state index >= 15 is 0 Å². The van der Waals surface area contributed by atoms with Crippen LogP contribution in [0, 0.1) is 12.3 Å². The number of fused-ring (bicyclic) bond motifs is 1. The van der Waals surface area contributed by atoms with E-state index in [1.165, 1.54) is 0 Å². The van der Waals surface area contributed by atoms with E-state index in [0.717, 1.165) is 21.4 Å². The van der Waals surface area contributed by atoms with Crippen molar-refractivity contribution in [1.29, 1.82) is 0 Å². The van der Waals surface area contributed by atoms with Crippen LogP contribution in [0.1, 0.15) is 58.5 Å². The molecule has 0 saturated carbocycles. The molecule has 0 atom stereocenters. The number of carbonyl (C=O) groups excluding carboxylic acids is 2. The van der Waals surface area contributed by atoms with Gasteiger partial charge in [-0.05, 0) is 76.0 Å². The number of nitrogens with zero attached hydrogens (tertiary/aromatic N) is 1. The Morgan fingerprint density at radius 2 is 1.52 bits per heavy atom. The Hall–Kier alpha value is -1.43. The number of hydrogen-bond acceptors (Lipinski definition) is 5. The Kier molecular flexibility index (Phi) is 5.08. The number of rotatable bonds is 2. The normalized spacial score (nSPS) is 16.3. The molecule has 0 aromatic carbocycles. The minimum absolute atomic E-state index is 0.195. The van der Waals surface area contributed by atoms with Crippen molar-refractivity contribution in [3.8, 4) is 0 Å². The van der Waals surface area contributed by atoms with Crippen molar-refractivity contribution in [2.24, 2.45) is 5.41 Å². The highest BCUT2D eigenvalue weighted by Gasteiger charge is 2.55. The summed E-state index contributed by atoms with van der Waals surface area (Å²) in [5.41, 5.74) is -0.326. The Morgan fingerprint density at radius 3 is 1.96 bits per heavy atom. The van der Waals surface area contributed by atoms with E-state index in [4.69, 9.17) is 9.47 Å². The minimum atomic E-state index is -1.39. The molecule has 5 nitrogen and oxygen atoms in total. The van der Waals surface area contributed by atoms with Gasteiger partial charge in [0.25, 0.3) is 0 Å². The van der Waals surface area contributed by atoms with Crippen LogP contribution in [0.4, 0.5) is 0 Å². The van der Waals surface area contributed by atoms with Crippen LogP contribution < -0.4 is 0 Å². The van der Waals surface area contributed by atoms with Gasteiger partial charge < -0.3 is 9.47 Å². The van der Waals surface area contributed by atoms with Gasteiger partial charge in [0.15, 0.2) is 5.41 Å². The molecule has 0 unspecified atom stereocenters. The molecule has 0 N–H and O–H groups in total. The van der Waals surface area contributed by atoms with E-state index < -0.39 is 28.6 Å². The number of aryl methyl sites for hydroxylation is 1. The van der Waals surface area contributed by atoms with E-state index in [1.54, 1.807) is 41.5 Å². The van der Waals surface area contributed by atoms with Gasteiger partial charge in [-0.25, -0.2) is 0 Å². The molecular weight excluding hydrogens is 386 g/mol. The van der Waals surface area contributed by atoms with Crippen molar-refractivity contribution in [3.63, 3.8) is 0 Å². The first-order chi connectivity index (χ1) is 11.2. The third-order valence-electron chi connectivity index (χ3n) is 3.86. The first-order valence-corrected chi connectivity index (χ1v) is 9.15. The largest absolute Gasteiger partial charge is 0.459 e. The second-order valence-corrected chi connectivity index (χ2v) is 9.46. The summed E-state index contributed by atoms with van der Waals surface area (Å²) in [6.07, 6.45) is 0.429. The van der Waals surface area contributed by atoms with Gasteiger partial charge in [0.1, 0.15) is 11.2 Å². The molecule has 2 rings (SSSR count). The fourth-order valence-corrected chi connectivity index (χ4v) is 3.14. The summed E-state index contributed by atoms with van der Waals surface area (Å²) in [6.45, 7) is 12.6. The second kappa shape index (κ2) is 6.38. The molecule has 0 fully saturated rings. The fourth-order valence-electron chi connectivity index (χ4n) is 2.77. The maximum atomic E-state index is 13.0. The van der Waals surface area contributed by atoms with E-state index in [1.807, 2.05) is 13.0 Å². The summed E-state index contributed by atoms with van der Waals surface area (Å²) in [5, 5.41) is 0. The lowest BCUT2D eigenvalue weighted by molar-refractivity contribution is -0.184. The van der Waals surface area contributed by atoms with Gasteiger partial charge in [-0.3, -0.25) is 14.6 Å². The summed E-state index contributed by atoms with van der Waals surface area (Å²) in [6, 6.07) is 1.92. The molecule has 6 heteroatoms. The average Bonchev–Trinajstić information content (AvgIpc) is 2.75. The standard InChI is InChI=1S/C19H26BrNO4/c1-11-13(20)8-12-9-19(10-14(12)21-11,15(22)24-17(2,3)4)16(23)25-18(5,6)7/h8H,9-10H2,1-7H3. The molecular formula is C19H26BrNO4. The van der Waals surface area contributed by atoms with Crippen LogP contribution in [0.2, 0.25) is 0 Å². The zero-order chi connectivity index (χ0) is 19.2. The van der Waals surface area contributed by atoms with E-state index in [9.17, 15) is 9.59 Å². The Morgan fingerprint density at radius 1 is 1.04 bits per heavy atom. The van der Waals surface area contributed by atoms with Crippen LogP contribution >= 0.6 is 15.9 Å². The fraction of sp³-hybridized carbons (Fsp3) is 0.632. The molecule has 0 saturated heterocycles. The number of ether oxygens (including phenoxy) is 2. The van der Waals surface area contributed by atoms with Gasteiger partial charge in [-0.2, -0.15) is 0 Å². The van der Waals surface area contributed by atoms with Gasteiger partial charge in [0, 0.05) is 23.0 Å². The van der Waals surface area contributed by atoms with Gasteiger partial charge in [-0.1, -0.05) is 0 Å².